The number of hydrogen-bond donors (Lipinski definition) is 1. The summed E-state index contributed by atoms with van der Waals surface area (Å²) in [6, 6.07) is 15.5. The lowest BCUT2D eigenvalue weighted by molar-refractivity contribution is -0.193. The molecule has 0 saturated carbocycles. The number of ether oxygens (including phenoxy) is 1. The van der Waals surface area contributed by atoms with E-state index in [1.807, 2.05) is 0 Å². The van der Waals surface area contributed by atoms with Gasteiger partial charge in [-0.2, -0.15) is 18.3 Å². The predicted molar refractivity (Wildman–Crippen MR) is 99.3 cm³/mol. The van der Waals surface area contributed by atoms with Gasteiger partial charge in [0.15, 0.2) is 0 Å². The lowest BCUT2D eigenvalue weighted by Crippen LogP contribution is -2.54. The fraction of sp³-hybridized carbons (Fsp3) is 0.333. The topological polar surface area (TPSA) is 62.1 Å². The van der Waals surface area contributed by atoms with E-state index in [0.717, 1.165) is 0 Å². The molecule has 0 bridgehead atoms. The van der Waals surface area contributed by atoms with Gasteiger partial charge in [0, 0.05) is 12.2 Å². The number of nitrogens with zero attached hydrogens (tertiary/aromatic N) is 2. The average molecular weight is 404 g/mol. The van der Waals surface area contributed by atoms with E-state index in [-0.39, 0.29) is 26.1 Å². The van der Waals surface area contributed by atoms with Crippen molar-refractivity contribution in [3.8, 4) is 5.75 Å². The molecule has 29 heavy (non-hydrogen) atoms. The van der Waals surface area contributed by atoms with Crippen LogP contribution in [0.15, 0.2) is 59.7 Å². The van der Waals surface area contributed by atoms with Gasteiger partial charge in [0.1, 0.15) is 11.3 Å². The van der Waals surface area contributed by atoms with Crippen molar-refractivity contribution >= 4 is 11.6 Å². The van der Waals surface area contributed by atoms with Gasteiger partial charge in [0.05, 0.1) is 18.2 Å². The molecular formula is C21H19F3N2O3. The van der Waals surface area contributed by atoms with Crippen LogP contribution < -0.4 is 4.74 Å². The summed E-state index contributed by atoms with van der Waals surface area (Å²) in [5, 5.41) is 14.2. The normalized spacial score (nSPS) is 23.1. The molecule has 1 N–H and O–H groups in total. The summed E-state index contributed by atoms with van der Waals surface area (Å²) in [6.45, 7) is -0.139. The number of amides is 1. The van der Waals surface area contributed by atoms with Gasteiger partial charge in [-0.05, 0) is 30.5 Å². The Morgan fingerprint density at radius 3 is 2.55 bits per heavy atom. The van der Waals surface area contributed by atoms with Gasteiger partial charge >= 0.3 is 12.1 Å². The smallest absolute Gasteiger partial charge is 0.473 e. The highest BCUT2D eigenvalue weighted by molar-refractivity contribution is 6.08. The number of fused-ring (bicyclic) bond motifs is 3. The van der Waals surface area contributed by atoms with Gasteiger partial charge in [-0.25, -0.2) is 5.01 Å². The zero-order chi connectivity index (χ0) is 20.6. The Morgan fingerprint density at radius 1 is 1.17 bits per heavy atom. The third kappa shape index (κ3) is 3.07. The molecule has 2 aliphatic rings. The number of alkyl halides is 3. The summed E-state index contributed by atoms with van der Waals surface area (Å²) in [4.78, 5) is 12.5. The van der Waals surface area contributed by atoms with E-state index in [1.165, 1.54) is 0 Å². The maximum Gasteiger partial charge on any atom is 0.473 e. The van der Waals surface area contributed by atoms with Crippen LogP contribution in [-0.2, 0) is 10.3 Å². The Hall–Kier alpha value is -2.87. The van der Waals surface area contributed by atoms with Crippen LogP contribution in [0.4, 0.5) is 13.2 Å². The largest absolute Gasteiger partial charge is 0.492 e. The van der Waals surface area contributed by atoms with E-state index < -0.39 is 23.5 Å². The van der Waals surface area contributed by atoms with Gasteiger partial charge in [-0.3, -0.25) is 4.79 Å². The molecule has 8 heteroatoms. The Morgan fingerprint density at radius 2 is 1.86 bits per heavy atom. The minimum atomic E-state index is -5.09. The van der Waals surface area contributed by atoms with Gasteiger partial charge in [0.2, 0.25) is 0 Å². The van der Waals surface area contributed by atoms with Gasteiger partial charge in [-0.1, -0.05) is 42.5 Å². The van der Waals surface area contributed by atoms with Crippen LogP contribution in [0.1, 0.15) is 24.0 Å². The van der Waals surface area contributed by atoms with Crippen LogP contribution >= 0.6 is 0 Å². The van der Waals surface area contributed by atoms with Crippen molar-refractivity contribution in [3.63, 3.8) is 0 Å². The maximum absolute atomic E-state index is 13.5. The van der Waals surface area contributed by atoms with E-state index in [9.17, 15) is 23.1 Å². The summed E-state index contributed by atoms with van der Waals surface area (Å²) in [5.74, 6) is -2.11. The minimum absolute atomic E-state index is 0.0812. The maximum atomic E-state index is 13.5. The SMILES string of the molecule is O=C(N1N=C2c3ccccc3OCC2C1(CCCO)c1ccccc1)C(F)(F)F. The summed E-state index contributed by atoms with van der Waals surface area (Å²) in [7, 11) is 0. The molecule has 0 spiro atoms. The molecule has 2 atom stereocenters. The molecule has 0 saturated heterocycles. The Labute approximate surface area is 165 Å². The van der Waals surface area contributed by atoms with E-state index in [2.05, 4.69) is 5.10 Å². The highest BCUT2D eigenvalue weighted by Gasteiger charge is 2.60. The molecule has 2 aromatic rings. The summed E-state index contributed by atoms with van der Waals surface area (Å²) in [6.07, 6.45) is -4.77. The monoisotopic (exact) mass is 404 g/mol. The number of hydrogen-bond acceptors (Lipinski definition) is 4. The zero-order valence-corrected chi connectivity index (χ0v) is 15.4. The molecule has 152 valence electrons. The summed E-state index contributed by atoms with van der Waals surface area (Å²) >= 11 is 0. The third-order valence-corrected chi connectivity index (χ3v) is 5.49. The molecule has 0 aliphatic carbocycles. The van der Waals surface area contributed by atoms with Crippen LogP contribution in [0.25, 0.3) is 0 Å². The lowest BCUT2D eigenvalue weighted by Gasteiger charge is -2.42. The highest BCUT2D eigenvalue weighted by Crippen LogP contribution is 2.50. The molecule has 2 aliphatic heterocycles. The Balaban J connectivity index is 1.93. The van der Waals surface area contributed by atoms with Crippen molar-refractivity contribution in [3.05, 3.63) is 65.7 Å². The number of hydrazone groups is 1. The number of aliphatic hydroxyl groups excluding tert-OH is 1. The number of benzene rings is 2. The first-order valence-corrected chi connectivity index (χ1v) is 9.28. The number of carbonyl (C=O) groups is 1. The van der Waals surface area contributed by atoms with Crippen molar-refractivity contribution in [2.75, 3.05) is 13.2 Å². The van der Waals surface area contributed by atoms with E-state index in [4.69, 9.17) is 4.74 Å². The number of carbonyl (C=O) groups excluding carboxylic acids is 1. The van der Waals surface area contributed by atoms with Gasteiger partial charge in [-0.15, -0.1) is 0 Å². The minimum Gasteiger partial charge on any atom is -0.492 e. The molecule has 2 heterocycles. The molecule has 5 nitrogen and oxygen atoms in total. The second-order valence-corrected chi connectivity index (χ2v) is 7.08. The first-order chi connectivity index (χ1) is 13.9. The number of rotatable bonds is 4. The average Bonchev–Trinajstić information content (AvgIpc) is 3.07. The second-order valence-electron chi connectivity index (χ2n) is 7.08. The second kappa shape index (κ2) is 7.18. The van der Waals surface area contributed by atoms with E-state index >= 15 is 0 Å². The predicted octanol–water partition coefficient (Wildman–Crippen LogP) is 3.47. The molecule has 2 unspecified atom stereocenters. The third-order valence-electron chi connectivity index (χ3n) is 5.49. The van der Waals surface area contributed by atoms with E-state index in [1.54, 1.807) is 54.6 Å². The standard InChI is InChI=1S/C21H19F3N2O3/c22-21(23,24)19(28)26-20(11-6-12-27,14-7-2-1-3-8-14)16-13-29-17-10-5-4-9-15(17)18(16)25-26/h1-5,7-10,16,27H,6,11-13H2. The molecule has 2 aromatic carbocycles. The Bertz CT molecular complexity index is 946. The molecule has 0 fully saturated rings. The van der Waals surface area contributed by atoms with Crippen LogP contribution in [-0.4, -0.2) is 41.1 Å². The van der Waals surface area contributed by atoms with Crippen molar-refractivity contribution in [1.82, 2.24) is 5.01 Å². The zero-order valence-electron chi connectivity index (χ0n) is 15.4. The van der Waals surface area contributed by atoms with Gasteiger partial charge in [0.25, 0.3) is 0 Å². The van der Waals surface area contributed by atoms with Crippen molar-refractivity contribution in [1.29, 1.82) is 0 Å². The van der Waals surface area contributed by atoms with Crippen LogP contribution in [0.5, 0.6) is 5.75 Å². The number of halogens is 3. The summed E-state index contributed by atoms with van der Waals surface area (Å²) in [5.41, 5.74) is 0.0916. The van der Waals surface area contributed by atoms with Crippen LogP contribution in [0, 0.1) is 5.92 Å². The van der Waals surface area contributed by atoms with Crippen molar-refractivity contribution in [2.45, 2.75) is 24.6 Å². The lowest BCUT2D eigenvalue weighted by atomic mass is 9.71. The first-order valence-electron chi connectivity index (χ1n) is 9.28. The first kappa shape index (κ1) is 19.4. The molecular weight excluding hydrogens is 385 g/mol. The van der Waals surface area contributed by atoms with E-state index in [0.29, 0.717) is 27.6 Å². The number of para-hydroxylation sites is 1. The fourth-order valence-corrected chi connectivity index (χ4v) is 4.25. The quantitative estimate of drug-likeness (QED) is 0.849. The fourth-order valence-electron chi connectivity index (χ4n) is 4.25. The Kier molecular flexibility index (Phi) is 4.82. The molecule has 0 aromatic heterocycles. The highest BCUT2D eigenvalue weighted by atomic mass is 19.4. The van der Waals surface area contributed by atoms with Crippen LogP contribution in [0.2, 0.25) is 0 Å². The molecule has 1 amide bonds. The van der Waals surface area contributed by atoms with Gasteiger partial charge < -0.3 is 9.84 Å². The van der Waals surface area contributed by atoms with Crippen molar-refractivity contribution in [2.24, 2.45) is 11.0 Å². The van der Waals surface area contributed by atoms with Crippen molar-refractivity contribution < 1.29 is 27.8 Å². The molecule has 0 radical (unpaired) electrons. The summed E-state index contributed by atoms with van der Waals surface area (Å²) < 4.78 is 46.4. The molecule has 4 rings (SSSR count). The van der Waals surface area contributed by atoms with Crippen LogP contribution in [0.3, 0.4) is 0 Å². The number of aliphatic hydroxyl groups is 1.